The van der Waals surface area contributed by atoms with Gasteiger partial charge >= 0.3 is 6.09 Å². The lowest BCUT2D eigenvalue weighted by Gasteiger charge is -2.46. The van der Waals surface area contributed by atoms with E-state index in [1.54, 1.807) is 0 Å². The molecule has 0 aromatic rings. The highest BCUT2D eigenvalue weighted by Crippen LogP contribution is 2.37. The molecule has 2 fully saturated rings. The Bertz CT molecular complexity index is 450. The van der Waals surface area contributed by atoms with Crippen molar-refractivity contribution in [1.29, 1.82) is 0 Å². The molecule has 146 valence electrons. The van der Waals surface area contributed by atoms with Crippen molar-refractivity contribution in [1.82, 2.24) is 10.2 Å². The molecule has 1 aliphatic heterocycles. The summed E-state index contributed by atoms with van der Waals surface area (Å²) in [4.78, 5) is 14.2. The van der Waals surface area contributed by atoms with Crippen LogP contribution in [0.25, 0.3) is 0 Å². The third-order valence-electron chi connectivity index (χ3n) is 5.85. The van der Waals surface area contributed by atoms with Crippen molar-refractivity contribution in [2.45, 2.75) is 84.8 Å². The van der Waals surface area contributed by atoms with E-state index in [0.717, 1.165) is 32.4 Å². The van der Waals surface area contributed by atoms with Crippen molar-refractivity contribution in [3.63, 3.8) is 0 Å². The number of hydrogen-bond acceptors (Lipinski definition) is 4. The van der Waals surface area contributed by atoms with E-state index < -0.39 is 5.60 Å². The van der Waals surface area contributed by atoms with Gasteiger partial charge in [0.25, 0.3) is 0 Å². The second kappa shape index (κ2) is 7.83. The van der Waals surface area contributed by atoms with Gasteiger partial charge in [-0.05, 0) is 45.4 Å². The van der Waals surface area contributed by atoms with E-state index in [1.807, 2.05) is 25.7 Å². The first-order valence-corrected chi connectivity index (χ1v) is 9.89. The van der Waals surface area contributed by atoms with Crippen LogP contribution in [0.1, 0.15) is 73.1 Å². The van der Waals surface area contributed by atoms with E-state index in [9.17, 15) is 9.90 Å². The standard InChI is InChI=1S/C20H38N2O3/c1-18(2,3)25-17(24)22-12-9-16(19(4,5)14-22)21-13-20(15-23)10-7-6-8-11-20/h16,21,23H,6-15H2,1-5H3. The SMILES string of the molecule is CC(C)(C)OC(=O)N1CCC(NCC2(CO)CCCCC2)C(C)(C)C1. The summed E-state index contributed by atoms with van der Waals surface area (Å²) in [6, 6.07) is 0.358. The van der Waals surface area contributed by atoms with Crippen molar-refractivity contribution in [2.75, 3.05) is 26.2 Å². The van der Waals surface area contributed by atoms with Crippen molar-refractivity contribution < 1.29 is 14.6 Å². The first-order chi connectivity index (χ1) is 11.6. The van der Waals surface area contributed by atoms with Crippen molar-refractivity contribution in [2.24, 2.45) is 10.8 Å². The van der Waals surface area contributed by atoms with Crippen LogP contribution in [-0.4, -0.2) is 54.0 Å². The van der Waals surface area contributed by atoms with E-state index in [-0.39, 0.29) is 23.5 Å². The van der Waals surface area contributed by atoms with Crippen LogP contribution in [0.2, 0.25) is 0 Å². The summed E-state index contributed by atoms with van der Waals surface area (Å²) in [5.41, 5.74) is -0.415. The van der Waals surface area contributed by atoms with Crippen LogP contribution in [0.4, 0.5) is 4.79 Å². The highest BCUT2D eigenvalue weighted by molar-refractivity contribution is 5.68. The Morgan fingerprint density at radius 2 is 1.88 bits per heavy atom. The summed E-state index contributed by atoms with van der Waals surface area (Å²) >= 11 is 0. The van der Waals surface area contributed by atoms with Crippen molar-refractivity contribution in [3.8, 4) is 0 Å². The molecule has 2 aliphatic rings. The minimum atomic E-state index is -0.454. The molecule has 0 spiro atoms. The Balaban J connectivity index is 1.91. The van der Waals surface area contributed by atoms with Crippen LogP contribution in [-0.2, 0) is 4.74 Å². The van der Waals surface area contributed by atoms with Gasteiger partial charge in [-0.15, -0.1) is 0 Å². The van der Waals surface area contributed by atoms with Gasteiger partial charge in [-0.25, -0.2) is 4.79 Å². The molecule has 1 atom stereocenters. The van der Waals surface area contributed by atoms with Gasteiger partial charge in [-0.1, -0.05) is 33.1 Å². The molecule has 1 unspecified atom stereocenters. The summed E-state index contributed by atoms with van der Waals surface area (Å²) in [6.45, 7) is 12.7. The minimum absolute atomic E-state index is 0.0134. The average molecular weight is 355 g/mol. The Hall–Kier alpha value is -0.810. The van der Waals surface area contributed by atoms with Crippen LogP contribution in [0.15, 0.2) is 0 Å². The summed E-state index contributed by atoms with van der Waals surface area (Å²) < 4.78 is 5.53. The molecule has 2 N–H and O–H groups in total. The monoisotopic (exact) mass is 354 g/mol. The maximum Gasteiger partial charge on any atom is 0.410 e. The topological polar surface area (TPSA) is 61.8 Å². The van der Waals surface area contributed by atoms with Crippen molar-refractivity contribution >= 4 is 6.09 Å². The number of amides is 1. The fourth-order valence-electron chi connectivity index (χ4n) is 4.25. The van der Waals surface area contributed by atoms with Gasteiger partial charge in [-0.3, -0.25) is 0 Å². The summed E-state index contributed by atoms with van der Waals surface area (Å²) in [5.74, 6) is 0. The number of ether oxygens (including phenoxy) is 1. The number of piperidine rings is 1. The molecule has 1 saturated carbocycles. The molecule has 0 radical (unpaired) electrons. The Kier molecular flexibility index (Phi) is 6.42. The molecule has 2 rings (SSSR count). The fourth-order valence-corrected chi connectivity index (χ4v) is 4.25. The number of carbonyl (C=O) groups excluding carboxylic acids is 1. The van der Waals surface area contributed by atoms with E-state index in [2.05, 4.69) is 19.2 Å². The normalized spacial score (nSPS) is 26.3. The largest absolute Gasteiger partial charge is 0.444 e. The lowest BCUT2D eigenvalue weighted by molar-refractivity contribution is -0.000950. The predicted octanol–water partition coefficient (Wildman–Crippen LogP) is 3.55. The molecule has 5 nitrogen and oxygen atoms in total. The molecule has 1 heterocycles. The van der Waals surface area contributed by atoms with Gasteiger partial charge in [0, 0.05) is 37.7 Å². The maximum atomic E-state index is 12.4. The third kappa shape index (κ3) is 5.58. The minimum Gasteiger partial charge on any atom is -0.444 e. The van der Waals surface area contributed by atoms with Crippen LogP contribution in [0, 0.1) is 10.8 Å². The summed E-state index contributed by atoms with van der Waals surface area (Å²) in [6.07, 6.45) is 6.69. The Morgan fingerprint density at radius 3 is 2.40 bits per heavy atom. The Morgan fingerprint density at radius 1 is 1.24 bits per heavy atom. The second-order valence-electron chi connectivity index (χ2n) is 9.83. The second-order valence-corrected chi connectivity index (χ2v) is 9.83. The maximum absolute atomic E-state index is 12.4. The number of rotatable bonds is 4. The molecule has 25 heavy (non-hydrogen) atoms. The average Bonchev–Trinajstić information content (AvgIpc) is 2.52. The number of likely N-dealkylation sites (tertiary alicyclic amines) is 1. The number of aliphatic hydroxyl groups excluding tert-OH is 1. The molecule has 0 aromatic carbocycles. The molecule has 5 heteroatoms. The van der Waals surface area contributed by atoms with Gasteiger partial charge in [0.1, 0.15) is 5.60 Å². The van der Waals surface area contributed by atoms with Gasteiger partial charge in [0.15, 0.2) is 0 Å². The zero-order chi connectivity index (χ0) is 18.7. The van der Waals surface area contributed by atoms with Gasteiger partial charge in [0.05, 0.1) is 0 Å². The molecular weight excluding hydrogens is 316 g/mol. The van der Waals surface area contributed by atoms with Gasteiger partial charge in [-0.2, -0.15) is 0 Å². The van der Waals surface area contributed by atoms with Crippen LogP contribution in [0.3, 0.4) is 0 Å². The molecule has 0 aromatic heterocycles. The van der Waals surface area contributed by atoms with Crippen LogP contribution < -0.4 is 5.32 Å². The van der Waals surface area contributed by atoms with E-state index in [0.29, 0.717) is 12.6 Å². The quantitative estimate of drug-likeness (QED) is 0.810. The first kappa shape index (κ1) is 20.5. The number of carbonyl (C=O) groups is 1. The zero-order valence-electron chi connectivity index (χ0n) is 16.9. The Labute approximate surface area is 153 Å². The lowest BCUT2D eigenvalue weighted by atomic mass is 9.73. The highest BCUT2D eigenvalue weighted by atomic mass is 16.6. The number of nitrogens with one attached hydrogen (secondary N) is 1. The molecule has 1 aliphatic carbocycles. The van der Waals surface area contributed by atoms with E-state index in [1.165, 1.54) is 19.3 Å². The summed E-state index contributed by atoms with van der Waals surface area (Å²) in [7, 11) is 0. The molecule has 1 saturated heterocycles. The fraction of sp³-hybridized carbons (Fsp3) is 0.950. The van der Waals surface area contributed by atoms with Crippen LogP contribution >= 0.6 is 0 Å². The molecule has 0 bridgehead atoms. The first-order valence-electron chi connectivity index (χ1n) is 9.89. The molecular formula is C20H38N2O3. The van der Waals surface area contributed by atoms with E-state index >= 15 is 0 Å². The van der Waals surface area contributed by atoms with E-state index in [4.69, 9.17) is 4.74 Å². The highest BCUT2D eigenvalue weighted by Gasteiger charge is 2.40. The predicted molar refractivity (Wildman–Crippen MR) is 101 cm³/mol. The smallest absolute Gasteiger partial charge is 0.410 e. The van der Waals surface area contributed by atoms with Crippen LogP contribution in [0.5, 0.6) is 0 Å². The zero-order valence-corrected chi connectivity index (χ0v) is 16.9. The number of aliphatic hydroxyl groups is 1. The number of hydrogen-bond donors (Lipinski definition) is 2. The van der Waals surface area contributed by atoms with Gasteiger partial charge in [0.2, 0.25) is 0 Å². The van der Waals surface area contributed by atoms with Crippen molar-refractivity contribution in [3.05, 3.63) is 0 Å². The number of nitrogens with zero attached hydrogens (tertiary/aromatic N) is 1. The summed E-state index contributed by atoms with van der Waals surface area (Å²) in [5, 5.41) is 13.7. The van der Waals surface area contributed by atoms with Gasteiger partial charge < -0.3 is 20.1 Å². The third-order valence-corrected chi connectivity index (χ3v) is 5.85. The molecule has 1 amide bonds. The lowest BCUT2D eigenvalue weighted by Crippen LogP contribution is -2.58.